The summed E-state index contributed by atoms with van der Waals surface area (Å²) in [7, 11) is 5.56. The van der Waals surface area contributed by atoms with Crippen LogP contribution in [0.4, 0.5) is 0 Å². The molecule has 1 fully saturated rings. The normalized spacial score (nSPS) is 18.9. The third-order valence-electron chi connectivity index (χ3n) is 4.39. The minimum absolute atomic E-state index is 0.131. The molecule has 0 bridgehead atoms. The molecule has 0 amide bonds. The van der Waals surface area contributed by atoms with Crippen molar-refractivity contribution < 1.29 is 9.84 Å². The number of aliphatic hydroxyl groups is 1. The molecule has 2 rings (SSSR count). The smallest absolute Gasteiger partial charge is 0.118 e. The predicted octanol–water partition coefficient (Wildman–Crippen LogP) is 3.36. The van der Waals surface area contributed by atoms with Gasteiger partial charge in [0.2, 0.25) is 0 Å². The lowest BCUT2D eigenvalue weighted by Crippen LogP contribution is -2.45. The van der Waals surface area contributed by atoms with Crippen LogP contribution in [0.1, 0.15) is 43.6 Å². The lowest BCUT2D eigenvalue weighted by atomic mass is 9.72. The number of ether oxygens (including phenoxy) is 1. The van der Waals surface area contributed by atoms with Crippen molar-refractivity contribution in [1.29, 1.82) is 0 Å². The second-order valence-corrected chi connectivity index (χ2v) is 6.52. The minimum atomic E-state index is -0.728. The Morgan fingerprint density at radius 2 is 1.76 bits per heavy atom. The van der Waals surface area contributed by atoms with Gasteiger partial charge in [0.1, 0.15) is 5.75 Å². The molecule has 1 aliphatic rings. The standard InChI is InChI=1S/C17H25NO2S/c1-18(2)16(21)15(17(19)11-5-4-6-12-17)13-7-9-14(20-3)10-8-13/h7-10,15,19H,4-6,11-12H2,1-3H3. The van der Waals surface area contributed by atoms with Crippen molar-refractivity contribution >= 4 is 17.2 Å². The number of rotatable bonds is 4. The summed E-state index contributed by atoms with van der Waals surface area (Å²) in [6.07, 6.45) is 4.97. The van der Waals surface area contributed by atoms with Crippen LogP contribution in [0.3, 0.4) is 0 Å². The van der Waals surface area contributed by atoms with E-state index in [4.69, 9.17) is 17.0 Å². The Morgan fingerprint density at radius 3 is 2.24 bits per heavy atom. The van der Waals surface area contributed by atoms with E-state index in [2.05, 4.69) is 0 Å². The molecule has 1 unspecified atom stereocenters. The third-order valence-corrected chi connectivity index (χ3v) is 4.99. The molecule has 3 nitrogen and oxygen atoms in total. The zero-order chi connectivity index (χ0) is 15.5. The van der Waals surface area contributed by atoms with Crippen LogP contribution in [-0.2, 0) is 0 Å². The molecule has 0 saturated heterocycles. The van der Waals surface area contributed by atoms with E-state index in [0.717, 1.165) is 42.0 Å². The topological polar surface area (TPSA) is 32.7 Å². The average molecular weight is 307 g/mol. The fourth-order valence-electron chi connectivity index (χ4n) is 3.19. The minimum Gasteiger partial charge on any atom is -0.497 e. The fourth-order valence-corrected chi connectivity index (χ4v) is 3.55. The largest absolute Gasteiger partial charge is 0.497 e. The molecule has 1 N–H and O–H groups in total. The van der Waals surface area contributed by atoms with E-state index in [1.54, 1.807) is 7.11 Å². The Balaban J connectivity index is 2.37. The van der Waals surface area contributed by atoms with Gasteiger partial charge in [-0.15, -0.1) is 0 Å². The van der Waals surface area contributed by atoms with E-state index >= 15 is 0 Å². The van der Waals surface area contributed by atoms with Crippen molar-refractivity contribution in [3.63, 3.8) is 0 Å². The highest BCUT2D eigenvalue weighted by atomic mass is 32.1. The van der Waals surface area contributed by atoms with Crippen LogP contribution in [0.15, 0.2) is 24.3 Å². The Hall–Kier alpha value is -1.13. The number of hydrogen-bond donors (Lipinski definition) is 1. The molecule has 0 radical (unpaired) electrons. The van der Waals surface area contributed by atoms with Crippen LogP contribution in [0.2, 0.25) is 0 Å². The molecule has 0 aliphatic heterocycles. The first-order chi connectivity index (χ1) is 9.98. The SMILES string of the molecule is COc1ccc(C(C(=S)N(C)C)C2(O)CCCCC2)cc1. The fraction of sp³-hybridized carbons (Fsp3) is 0.588. The van der Waals surface area contributed by atoms with Crippen LogP contribution in [-0.4, -0.2) is 41.8 Å². The van der Waals surface area contributed by atoms with E-state index in [1.807, 2.05) is 43.3 Å². The van der Waals surface area contributed by atoms with Crippen molar-refractivity contribution in [3.05, 3.63) is 29.8 Å². The van der Waals surface area contributed by atoms with E-state index < -0.39 is 5.60 Å². The molecule has 0 aromatic heterocycles. The molecule has 1 aromatic rings. The summed E-state index contributed by atoms with van der Waals surface area (Å²) in [5, 5.41) is 11.2. The van der Waals surface area contributed by atoms with Gasteiger partial charge in [-0.05, 0) is 30.5 Å². The molecule has 1 atom stereocenters. The highest BCUT2D eigenvalue weighted by molar-refractivity contribution is 7.80. The molecule has 21 heavy (non-hydrogen) atoms. The maximum atomic E-state index is 11.2. The lowest BCUT2D eigenvalue weighted by Gasteiger charge is -2.41. The monoisotopic (exact) mass is 307 g/mol. The molecular weight excluding hydrogens is 282 g/mol. The number of methoxy groups -OCH3 is 1. The van der Waals surface area contributed by atoms with Gasteiger partial charge in [-0.2, -0.15) is 0 Å². The van der Waals surface area contributed by atoms with E-state index in [9.17, 15) is 5.11 Å². The molecule has 116 valence electrons. The summed E-state index contributed by atoms with van der Waals surface area (Å²) < 4.78 is 5.22. The molecule has 1 aliphatic carbocycles. The summed E-state index contributed by atoms with van der Waals surface area (Å²) in [4.78, 5) is 2.74. The maximum absolute atomic E-state index is 11.2. The van der Waals surface area contributed by atoms with Gasteiger partial charge in [0, 0.05) is 14.1 Å². The first-order valence-corrected chi connectivity index (χ1v) is 7.96. The van der Waals surface area contributed by atoms with E-state index in [1.165, 1.54) is 6.42 Å². The van der Waals surface area contributed by atoms with Gasteiger partial charge < -0.3 is 14.7 Å². The summed E-state index contributed by atoms with van der Waals surface area (Å²) in [5.41, 5.74) is 0.340. The lowest BCUT2D eigenvalue weighted by molar-refractivity contribution is -0.00548. The second kappa shape index (κ2) is 6.75. The quantitative estimate of drug-likeness (QED) is 0.865. The molecule has 4 heteroatoms. The maximum Gasteiger partial charge on any atom is 0.118 e. The predicted molar refractivity (Wildman–Crippen MR) is 90.1 cm³/mol. The summed E-state index contributed by atoms with van der Waals surface area (Å²) in [6, 6.07) is 7.91. The third kappa shape index (κ3) is 3.55. The van der Waals surface area contributed by atoms with Gasteiger partial charge in [0.25, 0.3) is 0 Å². The zero-order valence-electron chi connectivity index (χ0n) is 13.1. The molecule has 1 saturated carbocycles. The Labute approximate surface area is 132 Å². The van der Waals surface area contributed by atoms with Crippen molar-refractivity contribution in [2.75, 3.05) is 21.2 Å². The highest BCUT2D eigenvalue weighted by Crippen LogP contribution is 2.41. The number of benzene rings is 1. The van der Waals surface area contributed by atoms with Crippen LogP contribution in [0, 0.1) is 0 Å². The highest BCUT2D eigenvalue weighted by Gasteiger charge is 2.41. The number of likely N-dealkylation sites (N-methyl/N-ethyl adjacent to an activating group) is 1. The Morgan fingerprint density at radius 1 is 1.19 bits per heavy atom. The van der Waals surface area contributed by atoms with Gasteiger partial charge in [0.15, 0.2) is 0 Å². The summed E-state index contributed by atoms with van der Waals surface area (Å²) in [5.74, 6) is 0.692. The summed E-state index contributed by atoms with van der Waals surface area (Å²) >= 11 is 5.63. The number of nitrogens with zero attached hydrogens (tertiary/aromatic N) is 1. The van der Waals surface area contributed by atoms with Crippen LogP contribution >= 0.6 is 12.2 Å². The molecule has 0 heterocycles. The van der Waals surface area contributed by atoms with Crippen molar-refractivity contribution in [1.82, 2.24) is 4.90 Å². The van der Waals surface area contributed by atoms with Crippen molar-refractivity contribution in [2.24, 2.45) is 0 Å². The van der Waals surface area contributed by atoms with E-state index in [0.29, 0.717) is 0 Å². The van der Waals surface area contributed by atoms with Crippen molar-refractivity contribution in [2.45, 2.75) is 43.6 Å². The Bertz CT molecular complexity index is 478. The average Bonchev–Trinajstić information content (AvgIpc) is 2.48. The first-order valence-electron chi connectivity index (χ1n) is 7.55. The second-order valence-electron chi connectivity index (χ2n) is 6.10. The van der Waals surface area contributed by atoms with Gasteiger partial charge in [-0.1, -0.05) is 43.6 Å². The van der Waals surface area contributed by atoms with Crippen molar-refractivity contribution in [3.8, 4) is 5.75 Å². The van der Waals surface area contributed by atoms with Crippen LogP contribution in [0.25, 0.3) is 0 Å². The van der Waals surface area contributed by atoms with Gasteiger partial charge in [-0.3, -0.25) is 0 Å². The van der Waals surface area contributed by atoms with Crippen LogP contribution in [0.5, 0.6) is 5.75 Å². The zero-order valence-corrected chi connectivity index (χ0v) is 13.9. The van der Waals surface area contributed by atoms with Gasteiger partial charge in [-0.25, -0.2) is 0 Å². The first kappa shape index (κ1) is 16.2. The summed E-state index contributed by atoms with van der Waals surface area (Å²) in [6.45, 7) is 0. The van der Waals surface area contributed by atoms with Gasteiger partial charge >= 0.3 is 0 Å². The van der Waals surface area contributed by atoms with Crippen LogP contribution < -0.4 is 4.74 Å². The number of hydrogen-bond acceptors (Lipinski definition) is 3. The van der Waals surface area contributed by atoms with E-state index in [-0.39, 0.29) is 5.92 Å². The number of thiocarbonyl (C=S) groups is 1. The van der Waals surface area contributed by atoms with Gasteiger partial charge in [0.05, 0.1) is 23.6 Å². The molecule has 1 aromatic carbocycles. The Kier molecular flexibility index (Phi) is 5.22. The molecule has 0 spiro atoms. The molecular formula is C17H25NO2S.